The minimum atomic E-state index is -0.446. The predicted molar refractivity (Wildman–Crippen MR) is 197 cm³/mol. The third kappa shape index (κ3) is 11.7. The number of rotatable bonds is 7. The zero-order chi connectivity index (χ0) is 31.7. The Kier molecular flexibility index (Phi) is 16.0. The Morgan fingerprint density at radius 3 is 0.696 bits per heavy atom. The van der Waals surface area contributed by atoms with Gasteiger partial charge in [-0.2, -0.15) is 0 Å². The van der Waals surface area contributed by atoms with Crippen LogP contribution in [0, 0.1) is 0 Å². The molecule has 0 aliphatic carbocycles. The van der Waals surface area contributed by atoms with Crippen molar-refractivity contribution in [2.45, 2.75) is 13.8 Å². The van der Waals surface area contributed by atoms with Crippen molar-refractivity contribution < 1.29 is 29.4 Å². The van der Waals surface area contributed by atoms with E-state index < -0.39 is 15.8 Å². The summed E-state index contributed by atoms with van der Waals surface area (Å²) in [5, 5.41) is 16.8. The Labute approximate surface area is 289 Å². The molecule has 46 heavy (non-hydrogen) atoms. The van der Waals surface area contributed by atoms with E-state index in [0.29, 0.717) is 0 Å². The summed E-state index contributed by atoms with van der Waals surface area (Å²) in [6, 6.07) is 64.7. The smallest absolute Gasteiger partial charge is 0.155 e. The maximum atomic E-state index is 10.0. The van der Waals surface area contributed by atoms with Crippen LogP contribution < -0.4 is 31.8 Å². The molecule has 6 aromatic carbocycles. The average Bonchev–Trinajstić information content (AvgIpc) is 3.08. The molecule has 0 aliphatic rings. The maximum Gasteiger partial charge on any atom is 0.155 e. The van der Waals surface area contributed by atoms with E-state index in [9.17, 15) is 4.79 Å². The van der Waals surface area contributed by atoms with Crippen LogP contribution in [0.5, 0.6) is 0 Å². The number of hydrogen-bond donors (Lipinski definition) is 1. The summed E-state index contributed by atoms with van der Waals surface area (Å²) in [5.41, 5.74) is 0. The second-order valence-corrected chi connectivity index (χ2v) is 14.5. The fourth-order valence-electron chi connectivity index (χ4n) is 4.65. The molecule has 0 fully saturated rings. The summed E-state index contributed by atoms with van der Waals surface area (Å²) in [5.74, 6) is -0.0625. The van der Waals surface area contributed by atoms with Gasteiger partial charge in [-0.1, -0.05) is 182 Å². The topological polar surface area (TPSA) is 37.3 Å². The van der Waals surface area contributed by atoms with Crippen molar-refractivity contribution in [3.05, 3.63) is 194 Å². The molecular weight excluding hydrogens is 689 g/mol. The minimum absolute atomic E-state index is 0. The number of ketones is 1. The molecule has 6 rings (SSSR count). The second-order valence-electron chi connectivity index (χ2n) is 10.1. The fourth-order valence-corrected chi connectivity index (χ4v) is 9.26. The summed E-state index contributed by atoms with van der Waals surface area (Å²) >= 11 is 0. The van der Waals surface area contributed by atoms with Gasteiger partial charge in [-0.05, 0) is 61.5 Å². The van der Waals surface area contributed by atoms with E-state index in [-0.39, 0.29) is 31.0 Å². The van der Waals surface area contributed by atoms with Gasteiger partial charge in [0.2, 0.25) is 0 Å². The van der Waals surface area contributed by atoms with Crippen LogP contribution >= 0.6 is 15.8 Å². The summed E-state index contributed by atoms with van der Waals surface area (Å²) in [7, 11) is -0.892. The van der Waals surface area contributed by atoms with Crippen molar-refractivity contribution in [3.8, 4) is 0 Å². The molecule has 1 N–H and O–H groups in total. The van der Waals surface area contributed by atoms with E-state index in [1.807, 2.05) is 0 Å². The van der Waals surface area contributed by atoms with Gasteiger partial charge in [-0.3, -0.25) is 4.79 Å². The molecule has 0 aromatic heterocycles. The molecule has 233 valence electrons. The Balaban J connectivity index is 0.000000205. The largest absolute Gasteiger partial charge is 0.512 e. The molecule has 0 saturated carbocycles. The second kappa shape index (κ2) is 20.2. The third-order valence-corrected chi connectivity index (χ3v) is 11.4. The van der Waals surface area contributed by atoms with Crippen molar-refractivity contribution in [2.24, 2.45) is 0 Å². The maximum absolute atomic E-state index is 10.0. The van der Waals surface area contributed by atoms with Gasteiger partial charge >= 0.3 is 0 Å². The zero-order valence-corrected chi connectivity index (χ0v) is 29.4. The van der Waals surface area contributed by atoms with E-state index >= 15 is 0 Å². The first-order chi connectivity index (χ1) is 22.0. The van der Waals surface area contributed by atoms with E-state index in [2.05, 4.69) is 182 Å². The van der Waals surface area contributed by atoms with Gasteiger partial charge in [-0.25, -0.2) is 0 Å². The van der Waals surface area contributed by atoms with Crippen molar-refractivity contribution in [1.29, 1.82) is 0 Å². The number of aliphatic hydroxyl groups excluding tert-OH is 1. The van der Waals surface area contributed by atoms with Crippen molar-refractivity contribution >= 4 is 53.5 Å². The fraction of sp³-hybridized carbons (Fsp3) is 0.0488. The molecule has 0 amide bonds. The Bertz CT molecular complexity index is 1410. The van der Waals surface area contributed by atoms with Crippen LogP contribution in [0.2, 0.25) is 0 Å². The van der Waals surface area contributed by atoms with Crippen molar-refractivity contribution in [3.63, 3.8) is 0 Å². The molecule has 2 nitrogen and oxygen atoms in total. The first-order valence-electron chi connectivity index (χ1n) is 14.8. The molecule has 0 spiro atoms. The number of aliphatic hydroxyl groups is 1. The number of carbonyl (C=O) groups is 1. The molecule has 0 unspecified atom stereocenters. The van der Waals surface area contributed by atoms with Crippen LogP contribution in [0.1, 0.15) is 13.8 Å². The van der Waals surface area contributed by atoms with Gasteiger partial charge in [0.1, 0.15) is 0 Å². The normalized spacial score (nSPS) is 10.5. The Morgan fingerprint density at radius 2 is 0.587 bits per heavy atom. The first kappa shape index (κ1) is 36.5. The molecule has 6 aromatic rings. The van der Waals surface area contributed by atoms with Gasteiger partial charge in [0.15, 0.2) is 5.78 Å². The predicted octanol–water partition coefficient (Wildman–Crippen LogP) is 7.92. The molecule has 0 bridgehead atoms. The molecule has 0 aliphatic heterocycles. The van der Waals surface area contributed by atoms with Crippen molar-refractivity contribution in [2.75, 3.05) is 0 Å². The summed E-state index contributed by atoms with van der Waals surface area (Å²) in [6.45, 7) is 2.85. The van der Waals surface area contributed by atoms with Crippen LogP contribution in [0.3, 0.4) is 0 Å². The number of carbonyl (C=O) groups excluding carboxylic acids is 1. The quantitative estimate of drug-likeness (QED) is 0.0786. The average molecular weight is 728 g/mol. The standard InChI is InChI=1S/2C18H15P.C5H8O2.Rh/c2*1-4-10-16(11-5-1)19(17-12-6-2-7-13-17)18-14-8-3-9-15-18;1-4(6)3-5(2)7;/h2*1-15H;3,6H,1-2H3;/b;;4-3-;. The van der Waals surface area contributed by atoms with Crippen LogP contribution in [-0.4, -0.2) is 10.9 Å². The summed E-state index contributed by atoms with van der Waals surface area (Å²) < 4.78 is 0. The van der Waals surface area contributed by atoms with E-state index in [0.717, 1.165) is 0 Å². The molecule has 0 atom stereocenters. The Morgan fingerprint density at radius 1 is 0.413 bits per heavy atom. The molecule has 1 radical (unpaired) electrons. The van der Waals surface area contributed by atoms with Gasteiger partial charge < -0.3 is 5.11 Å². The molecule has 0 heterocycles. The van der Waals surface area contributed by atoms with Crippen LogP contribution in [0.25, 0.3) is 0 Å². The first-order valence-corrected chi connectivity index (χ1v) is 17.5. The summed E-state index contributed by atoms with van der Waals surface area (Å²) in [6.07, 6.45) is 1.17. The van der Waals surface area contributed by atoms with E-state index in [1.165, 1.54) is 51.8 Å². The van der Waals surface area contributed by atoms with E-state index in [4.69, 9.17) is 5.11 Å². The number of allylic oxidation sites excluding steroid dienone is 2. The van der Waals surface area contributed by atoms with Crippen molar-refractivity contribution in [1.82, 2.24) is 0 Å². The number of benzene rings is 6. The van der Waals surface area contributed by atoms with Gasteiger partial charge in [-0.15, -0.1) is 0 Å². The van der Waals surface area contributed by atoms with E-state index in [1.54, 1.807) is 0 Å². The van der Waals surface area contributed by atoms with Crippen LogP contribution in [-0.2, 0) is 24.3 Å². The number of hydrogen-bond acceptors (Lipinski definition) is 2. The minimum Gasteiger partial charge on any atom is -0.512 e. The third-order valence-electron chi connectivity index (χ3n) is 6.50. The monoisotopic (exact) mass is 727 g/mol. The van der Waals surface area contributed by atoms with Gasteiger partial charge in [0.05, 0.1) is 5.76 Å². The van der Waals surface area contributed by atoms with Crippen LogP contribution in [0.4, 0.5) is 0 Å². The zero-order valence-electron chi connectivity index (χ0n) is 26.0. The summed E-state index contributed by atoms with van der Waals surface area (Å²) in [4.78, 5) is 10.0. The van der Waals surface area contributed by atoms with Crippen LogP contribution in [0.15, 0.2) is 194 Å². The molecular formula is C41H38O2P2Rh. The molecule has 0 saturated heterocycles. The van der Waals surface area contributed by atoms with Gasteiger partial charge in [0.25, 0.3) is 0 Å². The SMILES string of the molecule is CC(=O)/C=C(/C)O.[Rh].c1ccc(P(c2ccccc2)c2ccccc2)cc1.c1ccc(P(c2ccccc2)c2ccccc2)cc1. The Hall–Kier alpha value is -3.99. The van der Waals surface area contributed by atoms with Gasteiger partial charge in [0, 0.05) is 25.6 Å². The molecule has 5 heteroatoms.